The van der Waals surface area contributed by atoms with E-state index in [0.29, 0.717) is 12.3 Å². The van der Waals surface area contributed by atoms with Crippen LogP contribution in [0.4, 0.5) is 5.69 Å². The zero-order chi connectivity index (χ0) is 12.0. The van der Waals surface area contributed by atoms with Crippen molar-refractivity contribution in [3.05, 3.63) is 29.8 Å². The molecule has 1 aromatic carbocycles. The van der Waals surface area contributed by atoms with E-state index >= 15 is 0 Å². The van der Waals surface area contributed by atoms with Gasteiger partial charge < -0.3 is 11.1 Å². The molecule has 16 heavy (non-hydrogen) atoms. The van der Waals surface area contributed by atoms with Crippen LogP contribution in [0.25, 0.3) is 0 Å². The van der Waals surface area contributed by atoms with Crippen molar-refractivity contribution in [2.24, 2.45) is 5.92 Å². The molecule has 0 unspecified atom stereocenters. The first-order chi connectivity index (χ1) is 7.58. The van der Waals surface area contributed by atoms with Gasteiger partial charge in [-0.05, 0) is 30.0 Å². The van der Waals surface area contributed by atoms with E-state index in [4.69, 9.17) is 5.73 Å². The van der Waals surface area contributed by atoms with Crippen molar-refractivity contribution in [3.63, 3.8) is 0 Å². The number of nitrogens with two attached hydrogens (primary N) is 1. The summed E-state index contributed by atoms with van der Waals surface area (Å²) in [5.74, 6) is 0.697. The predicted molar refractivity (Wildman–Crippen MR) is 67.0 cm³/mol. The van der Waals surface area contributed by atoms with Crippen molar-refractivity contribution in [2.45, 2.75) is 26.7 Å². The Kier molecular flexibility index (Phi) is 4.83. The van der Waals surface area contributed by atoms with Gasteiger partial charge in [-0.3, -0.25) is 4.79 Å². The zero-order valence-electron chi connectivity index (χ0n) is 9.99. The van der Waals surface area contributed by atoms with Crippen LogP contribution in [0, 0.1) is 5.92 Å². The Balaban J connectivity index is 2.31. The van der Waals surface area contributed by atoms with Gasteiger partial charge in [-0.15, -0.1) is 0 Å². The van der Waals surface area contributed by atoms with Gasteiger partial charge in [-0.2, -0.15) is 0 Å². The SMILES string of the molecule is CC(C)CCNC(=O)Cc1ccc(N)cc1. The van der Waals surface area contributed by atoms with Gasteiger partial charge in [-0.1, -0.05) is 26.0 Å². The second-order valence-electron chi connectivity index (χ2n) is 4.45. The molecular weight excluding hydrogens is 200 g/mol. The second-order valence-corrected chi connectivity index (χ2v) is 4.45. The van der Waals surface area contributed by atoms with Gasteiger partial charge in [0.15, 0.2) is 0 Å². The summed E-state index contributed by atoms with van der Waals surface area (Å²) in [4.78, 5) is 11.5. The highest BCUT2D eigenvalue weighted by Gasteiger charge is 2.03. The summed E-state index contributed by atoms with van der Waals surface area (Å²) < 4.78 is 0. The number of hydrogen-bond acceptors (Lipinski definition) is 2. The quantitative estimate of drug-likeness (QED) is 0.745. The maximum atomic E-state index is 11.5. The van der Waals surface area contributed by atoms with Gasteiger partial charge in [0.1, 0.15) is 0 Å². The van der Waals surface area contributed by atoms with E-state index < -0.39 is 0 Å². The Hall–Kier alpha value is -1.51. The molecule has 0 fully saturated rings. The molecule has 0 aromatic heterocycles. The number of rotatable bonds is 5. The fraction of sp³-hybridized carbons (Fsp3) is 0.462. The Morgan fingerprint density at radius 3 is 2.50 bits per heavy atom. The largest absolute Gasteiger partial charge is 0.399 e. The van der Waals surface area contributed by atoms with Gasteiger partial charge in [0.2, 0.25) is 5.91 Å². The third kappa shape index (κ3) is 4.82. The van der Waals surface area contributed by atoms with Crippen molar-refractivity contribution in [3.8, 4) is 0 Å². The van der Waals surface area contributed by atoms with E-state index in [1.165, 1.54) is 0 Å². The molecule has 3 nitrogen and oxygen atoms in total. The fourth-order valence-electron chi connectivity index (χ4n) is 1.38. The Morgan fingerprint density at radius 2 is 1.94 bits per heavy atom. The highest BCUT2D eigenvalue weighted by molar-refractivity contribution is 5.78. The molecule has 0 heterocycles. The molecule has 0 atom stereocenters. The minimum Gasteiger partial charge on any atom is -0.399 e. The van der Waals surface area contributed by atoms with Crippen LogP contribution in [-0.2, 0) is 11.2 Å². The summed E-state index contributed by atoms with van der Waals surface area (Å²) in [6, 6.07) is 7.40. The number of anilines is 1. The molecule has 0 spiro atoms. The molecule has 88 valence electrons. The first kappa shape index (κ1) is 12.6. The van der Waals surface area contributed by atoms with Crippen molar-refractivity contribution >= 4 is 11.6 Å². The molecule has 1 amide bonds. The Morgan fingerprint density at radius 1 is 1.31 bits per heavy atom. The minimum absolute atomic E-state index is 0.0745. The Labute approximate surface area is 97.0 Å². The predicted octanol–water partition coefficient (Wildman–Crippen LogP) is 1.97. The lowest BCUT2D eigenvalue weighted by Crippen LogP contribution is -2.26. The van der Waals surface area contributed by atoms with Crippen LogP contribution in [-0.4, -0.2) is 12.5 Å². The van der Waals surface area contributed by atoms with Gasteiger partial charge >= 0.3 is 0 Å². The van der Waals surface area contributed by atoms with Gasteiger partial charge in [-0.25, -0.2) is 0 Å². The van der Waals surface area contributed by atoms with Crippen molar-refractivity contribution in [1.29, 1.82) is 0 Å². The average Bonchev–Trinajstić information content (AvgIpc) is 2.21. The van der Waals surface area contributed by atoms with Gasteiger partial charge in [0, 0.05) is 12.2 Å². The number of benzene rings is 1. The van der Waals surface area contributed by atoms with Crippen LogP contribution in [0.5, 0.6) is 0 Å². The maximum absolute atomic E-state index is 11.5. The first-order valence-electron chi connectivity index (χ1n) is 5.69. The molecule has 3 N–H and O–H groups in total. The normalized spacial score (nSPS) is 10.4. The molecule has 1 rings (SSSR count). The number of nitrogens with one attached hydrogen (secondary N) is 1. The van der Waals surface area contributed by atoms with Crippen molar-refractivity contribution < 1.29 is 4.79 Å². The van der Waals surface area contributed by atoms with E-state index in [0.717, 1.165) is 24.2 Å². The third-order valence-electron chi connectivity index (χ3n) is 2.39. The Bertz CT molecular complexity index is 330. The summed E-state index contributed by atoms with van der Waals surface area (Å²) in [5.41, 5.74) is 7.29. The summed E-state index contributed by atoms with van der Waals surface area (Å²) in [6.07, 6.45) is 1.45. The molecule has 0 aliphatic heterocycles. The molecule has 0 radical (unpaired) electrons. The number of carbonyl (C=O) groups is 1. The molecular formula is C13H20N2O. The molecule has 1 aromatic rings. The molecule has 0 bridgehead atoms. The van der Waals surface area contributed by atoms with E-state index in [1.807, 2.05) is 24.3 Å². The standard InChI is InChI=1S/C13H20N2O/c1-10(2)7-8-15-13(16)9-11-3-5-12(14)6-4-11/h3-6,10H,7-9,14H2,1-2H3,(H,15,16). The maximum Gasteiger partial charge on any atom is 0.224 e. The number of amides is 1. The summed E-state index contributed by atoms with van der Waals surface area (Å²) in [6.45, 7) is 5.05. The van der Waals surface area contributed by atoms with Crippen LogP contribution < -0.4 is 11.1 Å². The lowest BCUT2D eigenvalue weighted by molar-refractivity contribution is -0.120. The van der Waals surface area contributed by atoms with Crippen LogP contribution in [0.3, 0.4) is 0 Å². The molecule has 3 heteroatoms. The topological polar surface area (TPSA) is 55.1 Å². The van der Waals surface area contributed by atoms with E-state index in [1.54, 1.807) is 0 Å². The van der Waals surface area contributed by atoms with Crippen LogP contribution in [0.1, 0.15) is 25.8 Å². The number of hydrogen-bond donors (Lipinski definition) is 2. The fourth-order valence-corrected chi connectivity index (χ4v) is 1.38. The third-order valence-corrected chi connectivity index (χ3v) is 2.39. The van der Waals surface area contributed by atoms with E-state index in [2.05, 4.69) is 19.2 Å². The number of carbonyl (C=O) groups excluding carboxylic acids is 1. The lowest BCUT2D eigenvalue weighted by atomic mass is 10.1. The average molecular weight is 220 g/mol. The second kappa shape index (κ2) is 6.16. The van der Waals surface area contributed by atoms with Crippen molar-refractivity contribution in [1.82, 2.24) is 5.32 Å². The zero-order valence-corrected chi connectivity index (χ0v) is 9.99. The van der Waals surface area contributed by atoms with Gasteiger partial charge in [0.05, 0.1) is 6.42 Å². The van der Waals surface area contributed by atoms with Crippen LogP contribution in [0.15, 0.2) is 24.3 Å². The first-order valence-corrected chi connectivity index (χ1v) is 5.69. The molecule has 0 saturated heterocycles. The summed E-state index contributed by atoms with van der Waals surface area (Å²) in [5, 5.41) is 2.91. The molecule has 0 saturated carbocycles. The minimum atomic E-state index is 0.0745. The van der Waals surface area contributed by atoms with E-state index in [9.17, 15) is 4.79 Å². The molecule has 0 aliphatic carbocycles. The van der Waals surface area contributed by atoms with Gasteiger partial charge in [0.25, 0.3) is 0 Å². The lowest BCUT2D eigenvalue weighted by Gasteiger charge is -2.07. The molecule has 0 aliphatic rings. The summed E-state index contributed by atoms with van der Waals surface area (Å²) in [7, 11) is 0. The van der Waals surface area contributed by atoms with Crippen LogP contribution >= 0.6 is 0 Å². The van der Waals surface area contributed by atoms with Crippen LogP contribution in [0.2, 0.25) is 0 Å². The summed E-state index contributed by atoms with van der Waals surface area (Å²) >= 11 is 0. The number of nitrogen functional groups attached to an aromatic ring is 1. The van der Waals surface area contributed by atoms with E-state index in [-0.39, 0.29) is 5.91 Å². The van der Waals surface area contributed by atoms with Crippen molar-refractivity contribution in [2.75, 3.05) is 12.3 Å². The smallest absolute Gasteiger partial charge is 0.224 e. The highest BCUT2D eigenvalue weighted by Crippen LogP contribution is 2.06. The highest BCUT2D eigenvalue weighted by atomic mass is 16.1. The monoisotopic (exact) mass is 220 g/mol.